The number of carbonyl (C=O) groups excluding carboxylic acids is 2. The SMILES string of the molecule is CC(=O)N1CCN(C(=O)c2ccc(NCc3ccccc3)nn2)CC1. The van der Waals surface area contributed by atoms with Crippen LogP contribution in [0.3, 0.4) is 0 Å². The highest BCUT2D eigenvalue weighted by atomic mass is 16.2. The Morgan fingerprint density at radius 3 is 2.24 bits per heavy atom. The molecule has 25 heavy (non-hydrogen) atoms. The van der Waals surface area contributed by atoms with Gasteiger partial charge in [-0.1, -0.05) is 30.3 Å². The molecule has 2 heterocycles. The summed E-state index contributed by atoms with van der Waals surface area (Å²) in [4.78, 5) is 27.3. The molecule has 7 heteroatoms. The van der Waals surface area contributed by atoms with Crippen LogP contribution in [0.4, 0.5) is 5.82 Å². The number of piperazine rings is 1. The van der Waals surface area contributed by atoms with Crippen molar-refractivity contribution >= 4 is 17.6 Å². The monoisotopic (exact) mass is 339 g/mol. The predicted octanol–water partition coefficient (Wildman–Crippen LogP) is 1.39. The van der Waals surface area contributed by atoms with E-state index in [1.807, 2.05) is 30.3 Å². The highest BCUT2D eigenvalue weighted by molar-refractivity contribution is 5.92. The lowest BCUT2D eigenvalue weighted by atomic mass is 10.2. The van der Waals surface area contributed by atoms with Gasteiger partial charge in [0.15, 0.2) is 5.69 Å². The Morgan fingerprint density at radius 1 is 0.960 bits per heavy atom. The minimum absolute atomic E-state index is 0.0423. The van der Waals surface area contributed by atoms with Crippen molar-refractivity contribution in [3.05, 3.63) is 53.7 Å². The molecule has 0 spiro atoms. The molecule has 3 rings (SSSR count). The van der Waals surface area contributed by atoms with Crippen LogP contribution in [0.15, 0.2) is 42.5 Å². The first-order valence-corrected chi connectivity index (χ1v) is 8.30. The van der Waals surface area contributed by atoms with E-state index in [4.69, 9.17) is 0 Å². The number of rotatable bonds is 4. The molecule has 0 aliphatic carbocycles. The lowest BCUT2D eigenvalue weighted by Gasteiger charge is -2.33. The molecule has 1 aromatic heterocycles. The normalized spacial score (nSPS) is 14.3. The predicted molar refractivity (Wildman–Crippen MR) is 94.0 cm³/mol. The van der Waals surface area contributed by atoms with Crippen LogP contribution >= 0.6 is 0 Å². The zero-order valence-corrected chi connectivity index (χ0v) is 14.2. The van der Waals surface area contributed by atoms with E-state index < -0.39 is 0 Å². The van der Waals surface area contributed by atoms with Gasteiger partial charge in [0.1, 0.15) is 5.82 Å². The van der Waals surface area contributed by atoms with Crippen molar-refractivity contribution in [3.63, 3.8) is 0 Å². The van der Waals surface area contributed by atoms with Crippen LogP contribution in [0.1, 0.15) is 23.0 Å². The first kappa shape index (κ1) is 16.9. The van der Waals surface area contributed by atoms with Crippen molar-refractivity contribution < 1.29 is 9.59 Å². The van der Waals surface area contributed by atoms with Crippen LogP contribution in [0, 0.1) is 0 Å². The molecule has 7 nitrogen and oxygen atoms in total. The summed E-state index contributed by atoms with van der Waals surface area (Å²) < 4.78 is 0. The highest BCUT2D eigenvalue weighted by Gasteiger charge is 2.24. The number of carbonyl (C=O) groups is 2. The number of benzene rings is 1. The molecular weight excluding hydrogens is 318 g/mol. The highest BCUT2D eigenvalue weighted by Crippen LogP contribution is 2.10. The summed E-state index contributed by atoms with van der Waals surface area (Å²) in [6.07, 6.45) is 0. The second kappa shape index (κ2) is 7.74. The Balaban J connectivity index is 1.55. The van der Waals surface area contributed by atoms with E-state index in [0.717, 1.165) is 5.56 Å². The summed E-state index contributed by atoms with van der Waals surface area (Å²) in [5.41, 5.74) is 1.47. The van der Waals surface area contributed by atoms with Crippen LogP contribution in [0.25, 0.3) is 0 Å². The summed E-state index contributed by atoms with van der Waals surface area (Å²) in [6.45, 7) is 4.36. The maximum absolute atomic E-state index is 12.5. The van der Waals surface area contributed by atoms with Crippen LogP contribution in [-0.4, -0.2) is 58.0 Å². The Hall–Kier alpha value is -2.96. The van der Waals surface area contributed by atoms with Crippen molar-refractivity contribution in [2.24, 2.45) is 0 Å². The molecule has 0 bridgehead atoms. The summed E-state index contributed by atoms with van der Waals surface area (Å²) in [5, 5.41) is 11.3. The lowest BCUT2D eigenvalue weighted by molar-refractivity contribution is -0.130. The lowest BCUT2D eigenvalue weighted by Crippen LogP contribution is -2.50. The number of hydrogen-bond donors (Lipinski definition) is 1. The van der Waals surface area contributed by atoms with Gasteiger partial charge in [-0.05, 0) is 17.7 Å². The first-order chi connectivity index (χ1) is 12.1. The van der Waals surface area contributed by atoms with Gasteiger partial charge >= 0.3 is 0 Å². The van der Waals surface area contributed by atoms with Crippen molar-refractivity contribution in [2.75, 3.05) is 31.5 Å². The minimum atomic E-state index is -0.148. The molecule has 0 unspecified atom stereocenters. The largest absolute Gasteiger partial charge is 0.365 e. The summed E-state index contributed by atoms with van der Waals surface area (Å²) in [7, 11) is 0. The maximum Gasteiger partial charge on any atom is 0.274 e. The van der Waals surface area contributed by atoms with Gasteiger partial charge < -0.3 is 15.1 Å². The number of amides is 2. The summed E-state index contributed by atoms with van der Waals surface area (Å²) >= 11 is 0. The van der Waals surface area contributed by atoms with E-state index in [9.17, 15) is 9.59 Å². The molecule has 1 aromatic carbocycles. The first-order valence-electron chi connectivity index (χ1n) is 8.30. The number of aromatic nitrogens is 2. The molecular formula is C18H21N5O2. The number of hydrogen-bond acceptors (Lipinski definition) is 5. The van der Waals surface area contributed by atoms with Crippen LogP contribution < -0.4 is 5.32 Å². The molecule has 1 N–H and O–H groups in total. The fourth-order valence-electron chi connectivity index (χ4n) is 2.72. The average molecular weight is 339 g/mol. The van der Waals surface area contributed by atoms with E-state index in [1.165, 1.54) is 0 Å². The van der Waals surface area contributed by atoms with Crippen LogP contribution in [-0.2, 0) is 11.3 Å². The zero-order valence-electron chi connectivity index (χ0n) is 14.2. The van der Waals surface area contributed by atoms with Gasteiger partial charge in [-0.2, -0.15) is 0 Å². The Morgan fingerprint density at radius 2 is 1.64 bits per heavy atom. The van der Waals surface area contributed by atoms with Crippen LogP contribution in [0.5, 0.6) is 0 Å². The summed E-state index contributed by atoms with van der Waals surface area (Å²) in [6, 6.07) is 13.4. The molecule has 0 saturated carbocycles. The third-order valence-electron chi connectivity index (χ3n) is 4.21. The quantitative estimate of drug-likeness (QED) is 0.911. The molecule has 1 saturated heterocycles. The van der Waals surface area contributed by atoms with Gasteiger partial charge in [0, 0.05) is 39.6 Å². The molecule has 1 fully saturated rings. The Kier molecular flexibility index (Phi) is 5.23. The zero-order chi connectivity index (χ0) is 17.6. The van der Waals surface area contributed by atoms with Crippen molar-refractivity contribution in [2.45, 2.75) is 13.5 Å². The topological polar surface area (TPSA) is 78.4 Å². The average Bonchev–Trinajstić information content (AvgIpc) is 2.67. The fourth-order valence-corrected chi connectivity index (χ4v) is 2.72. The smallest absolute Gasteiger partial charge is 0.274 e. The minimum Gasteiger partial charge on any atom is -0.365 e. The molecule has 1 aliphatic rings. The van der Waals surface area contributed by atoms with Gasteiger partial charge in [0.2, 0.25) is 5.91 Å². The molecule has 2 aromatic rings. The fraction of sp³-hybridized carbons (Fsp3) is 0.333. The van der Waals surface area contributed by atoms with Gasteiger partial charge in [-0.3, -0.25) is 9.59 Å². The van der Waals surface area contributed by atoms with E-state index in [0.29, 0.717) is 44.2 Å². The van der Waals surface area contributed by atoms with Gasteiger partial charge in [0.05, 0.1) is 0 Å². The summed E-state index contributed by atoms with van der Waals surface area (Å²) in [5.74, 6) is 0.521. The Bertz CT molecular complexity index is 725. The third-order valence-corrected chi connectivity index (χ3v) is 4.21. The van der Waals surface area contributed by atoms with Gasteiger partial charge in [-0.15, -0.1) is 10.2 Å². The van der Waals surface area contributed by atoms with E-state index >= 15 is 0 Å². The second-order valence-corrected chi connectivity index (χ2v) is 5.94. The second-order valence-electron chi connectivity index (χ2n) is 5.94. The van der Waals surface area contributed by atoms with Crippen LogP contribution in [0.2, 0.25) is 0 Å². The van der Waals surface area contributed by atoms with Crippen molar-refractivity contribution in [3.8, 4) is 0 Å². The van der Waals surface area contributed by atoms with E-state index in [2.05, 4.69) is 15.5 Å². The van der Waals surface area contributed by atoms with Crippen molar-refractivity contribution in [1.29, 1.82) is 0 Å². The molecule has 2 amide bonds. The molecule has 0 atom stereocenters. The molecule has 1 aliphatic heterocycles. The van der Waals surface area contributed by atoms with E-state index in [1.54, 1.807) is 28.9 Å². The third kappa shape index (κ3) is 4.32. The molecule has 0 radical (unpaired) electrons. The van der Waals surface area contributed by atoms with Crippen molar-refractivity contribution in [1.82, 2.24) is 20.0 Å². The Labute approximate surface area is 146 Å². The molecule has 130 valence electrons. The van der Waals surface area contributed by atoms with Gasteiger partial charge in [-0.25, -0.2) is 0 Å². The standard InChI is InChI=1S/C18H21N5O2/c1-14(24)22-9-11-23(12-10-22)18(25)16-7-8-17(21-20-16)19-13-15-5-3-2-4-6-15/h2-8H,9-13H2,1H3,(H,19,21). The number of nitrogens with one attached hydrogen (secondary N) is 1. The van der Waals surface area contributed by atoms with E-state index in [-0.39, 0.29) is 11.8 Å². The van der Waals surface area contributed by atoms with Gasteiger partial charge in [0.25, 0.3) is 5.91 Å². The maximum atomic E-state index is 12.5. The number of nitrogens with zero attached hydrogens (tertiary/aromatic N) is 4. The number of anilines is 1.